The molecule has 20 heavy (non-hydrogen) atoms. The summed E-state index contributed by atoms with van der Waals surface area (Å²) in [7, 11) is 0. The fraction of sp³-hybridized carbons (Fsp3) is 0.333. The summed E-state index contributed by atoms with van der Waals surface area (Å²) in [6.45, 7) is 1.28. The monoisotopic (exact) mass is 290 g/mol. The smallest absolute Gasteiger partial charge is 0.392 e. The van der Waals surface area contributed by atoms with E-state index < -0.39 is 29.7 Å². The molecule has 0 aliphatic rings. The van der Waals surface area contributed by atoms with Gasteiger partial charge in [-0.1, -0.05) is 6.07 Å². The number of carbonyl (C=O) groups excluding carboxylic acids is 2. The number of carbonyl (C=O) groups is 2. The first-order valence-electron chi connectivity index (χ1n) is 5.64. The number of halogens is 3. The van der Waals surface area contributed by atoms with E-state index in [-0.39, 0.29) is 12.2 Å². The Balaban J connectivity index is 2.69. The second-order valence-corrected chi connectivity index (χ2v) is 4.09. The van der Waals surface area contributed by atoms with E-state index >= 15 is 0 Å². The van der Waals surface area contributed by atoms with Gasteiger partial charge in [-0.25, -0.2) is 0 Å². The highest BCUT2D eigenvalue weighted by Gasteiger charge is 2.30. The highest BCUT2D eigenvalue weighted by Crippen LogP contribution is 2.30. The van der Waals surface area contributed by atoms with Gasteiger partial charge in [-0.15, -0.1) is 0 Å². The first-order valence-corrected chi connectivity index (χ1v) is 5.64. The highest BCUT2D eigenvalue weighted by atomic mass is 19.4. The average Bonchev–Trinajstić information content (AvgIpc) is 2.35. The topological polar surface area (TPSA) is 78.4 Å². The lowest BCUT2D eigenvalue weighted by atomic mass is 10.2. The van der Waals surface area contributed by atoms with Crippen LogP contribution in [0.5, 0.6) is 0 Å². The number of rotatable bonds is 3. The molecule has 1 rings (SSSR count). The summed E-state index contributed by atoms with van der Waals surface area (Å²) in [5, 5.41) is 13.1. The maximum atomic E-state index is 12.5. The Morgan fingerprint density at radius 2 is 1.95 bits per heavy atom. The lowest BCUT2D eigenvalue weighted by molar-refractivity contribution is -0.137. The van der Waals surface area contributed by atoms with E-state index in [0.717, 1.165) is 18.2 Å². The second kappa shape index (κ2) is 6.38. The van der Waals surface area contributed by atoms with Crippen molar-refractivity contribution in [3.8, 4) is 0 Å². The fourth-order valence-electron chi connectivity index (χ4n) is 1.28. The van der Waals surface area contributed by atoms with E-state index in [1.54, 1.807) is 0 Å². The van der Waals surface area contributed by atoms with Crippen molar-refractivity contribution in [2.75, 3.05) is 11.9 Å². The van der Waals surface area contributed by atoms with E-state index in [9.17, 15) is 22.8 Å². The summed E-state index contributed by atoms with van der Waals surface area (Å²) in [5.41, 5.74) is -1.07. The number of benzene rings is 1. The number of aliphatic hydroxyl groups excluding tert-OH is 1. The predicted octanol–water partition coefficient (Wildman–Crippen LogP) is 1.14. The Bertz CT molecular complexity index is 501. The van der Waals surface area contributed by atoms with E-state index in [1.165, 1.54) is 13.0 Å². The molecular formula is C12H13F3N2O3. The number of alkyl halides is 3. The molecule has 0 saturated heterocycles. The van der Waals surface area contributed by atoms with Gasteiger partial charge in [0.15, 0.2) is 0 Å². The Labute approximate surface area is 112 Å². The van der Waals surface area contributed by atoms with E-state index in [4.69, 9.17) is 5.11 Å². The van der Waals surface area contributed by atoms with Crippen molar-refractivity contribution in [2.45, 2.75) is 19.2 Å². The third kappa shape index (κ3) is 4.88. The summed E-state index contributed by atoms with van der Waals surface area (Å²) in [6.07, 6.45) is -5.37. The minimum atomic E-state index is -4.53. The molecule has 0 bridgehead atoms. The van der Waals surface area contributed by atoms with E-state index in [2.05, 4.69) is 5.32 Å². The molecule has 0 aliphatic heterocycles. The molecule has 1 unspecified atom stereocenters. The molecule has 3 N–H and O–H groups in total. The summed E-state index contributed by atoms with van der Waals surface area (Å²) in [4.78, 5) is 22.7. The van der Waals surface area contributed by atoms with Crippen LogP contribution in [0.25, 0.3) is 0 Å². The van der Waals surface area contributed by atoms with Gasteiger partial charge in [0.05, 0.1) is 11.7 Å². The first-order chi connectivity index (χ1) is 9.20. The van der Waals surface area contributed by atoms with Crippen LogP contribution >= 0.6 is 0 Å². The predicted molar refractivity (Wildman–Crippen MR) is 64.8 cm³/mol. The van der Waals surface area contributed by atoms with Crippen molar-refractivity contribution < 1.29 is 27.9 Å². The number of amides is 2. The van der Waals surface area contributed by atoms with E-state index in [0.29, 0.717) is 0 Å². The summed E-state index contributed by atoms with van der Waals surface area (Å²) in [5.74, 6) is -2.15. The summed E-state index contributed by atoms with van der Waals surface area (Å²) in [6, 6.07) is 3.92. The average molecular weight is 290 g/mol. The molecule has 1 aromatic rings. The van der Waals surface area contributed by atoms with Crippen LogP contribution in [0.4, 0.5) is 18.9 Å². The minimum Gasteiger partial charge on any atom is -0.392 e. The van der Waals surface area contributed by atoms with Crippen LogP contribution in [0.1, 0.15) is 12.5 Å². The van der Waals surface area contributed by atoms with Gasteiger partial charge < -0.3 is 15.7 Å². The zero-order chi connectivity index (χ0) is 15.3. The Hall–Kier alpha value is -2.09. The quantitative estimate of drug-likeness (QED) is 0.730. The van der Waals surface area contributed by atoms with Crippen molar-refractivity contribution in [2.24, 2.45) is 0 Å². The fourth-order valence-corrected chi connectivity index (χ4v) is 1.28. The zero-order valence-corrected chi connectivity index (χ0v) is 10.5. The van der Waals surface area contributed by atoms with Crippen molar-refractivity contribution in [1.82, 2.24) is 5.32 Å². The van der Waals surface area contributed by atoms with Crippen LogP contribution in [0.15, 0.2) is 24.3 Å². The molecule has 1 atom stereocenters. The van der Waals surface area contributed by atoms with Crippen LogP contribution in [0, 0.1) is 0 Å². The molecule has 0 saturated carbocycles. The van der Waals surface area contributed by atoms with Crippen molar-refractivity contribution in [1.29, 1.82) is 0 Å². The SMILES string of the molecule is CC(O)CNC(=O)C(=O)Nc1cccc(C(F)(F)F)c1. The van der Waals surface area contributed by atoms with Crippen LogP contribution in [-0.2, 0) is 15.8 Å². The van der Waals surface area contributed by atoms with Gasteiger partial charge in [0.2, 0.25) is 0 Å². The molecule has 0 radical (unpaired) electrons. The number of anilines is 1. The molecule has 1 aromatic carbocycles. The molecule has 0 heterocycles. The molecule has 2 amide bonds. The number of hydrogen-bond donors (Lipinski definition) is 3. The molecular weight excluding hydrogens is 277 g/mol. The van der Waals surface area contributed by atoms with Crippen LogP contribution < -0.4 is 10.6 Å². The van der Waals surface area contributed by atoms with Gasteiger partial charge in [0.1, 0.15) is 0 Å². The van der Waals surface area contributed by atoms with Gasteiger partial charge in [-0.05, 0) is 25.1 Å². The van der Waals surface area contributed by atoms with Crippen LogP contribution in [0.2, 0.25) is 0 Å². The molecule has 0 spiro atoms. The lowest BCUT2D eigenvalue weighted by Crippen LogP contribution is -2.38. The largest absolute Gasteiger partial charge is 0.416 e. The maximum absolute atomic E-state index is 12.5. The second-order valence-electron chi connectivity index (χ2n) is 4.09. The Morgan fingerprint density at radius 1 is 1.30 bits per heavy atom. The third-order valence-electron chi connectivity index (χ3n) is 2.21. The summed E-state index contributed by atoms with van der Waals surface area (Å²) < 4.78 is 37.4. The molecule has 0 aliphatic carbocycles. The van der Waals surface area contributed by atoms with E-state index in [1.807, 2.05) is 5.32 Å². The van der Waals surface area contributed by atoms with Crippen molar-refractivity contribution >= 4 is 17.5 Å². The lowest BCUT2D eigenvalue weighted by Gasteiger charge is -2.10. The number of nitrogens with one attached hydrogen (secondary N) is 2. The third-order valence-corrected chi connectivity index (χ3v) is 2.21. The van der Waals surface area contributed by atoms with Gasteiger partial charge in [-0.3, -0.25) is 9.59 Å². The van der Waals surface area contributed by atoms with Crippen LogP contribution in [-0.4, -0.2) is 29.6 Å². The molecule has 0 fully saturated rings. The van der Waals surface area contributed by atoms with Gasteiger partial charge in [0.25, 0.3) is 0 Å². The molecule has 110 valence electrons. The molecule has 0 aromatic heterocycles. The van der Waals surface area contributed by atoms with Gasteiger partial charge in [0, 0.05) is 12.2 Å². The van der Waals surface area contributed by atoms with Gasteiger partial charge in [-0.2, -0.15) is 13.2 Å². The Morgan fingerprint density at radius 3 is 2.50 bits per heavy atom. The standard InChI is InChI=1S/C12H13F3N2O3/c1-7(18)6-16-10(19)11(20)17-9-4-2-3-8(5-9)12(13,14)15/h2-5,7,18H,6H2,1H3,(H,16,19)(H,17,20). The summed E-state index contributed by atoms with van der Waals surface area (Å²) >= 11 is 0. The number of aliphatic hydroxyl groups is 1. The zero-order valence-electron chi connectivity index (χ0n) is 10.5. The van der Waals surface area contributed by atoms with Crippen molar-refractivity contribution in [3.63, 3.8) is 0 Å². The molecule has 8 heteroatoms. The number of hydrogen-bond acceptors (Lipinski definition) is 3. The normalized spacial score (nSPS) is 12.7. The van der Waals surface area contributed by atoms with Crippen LogP contribution in [0.3, 0.4) is 0 Å². The first kappa shape index (κ1) is 16.0. The van der Waals surface area contributed by atoms with Crippen molar-refractivity contribution in [3.05, 3.63) is 29.8 Å². The minimum absolute atomic E-state index is 0.130. The molecule has 5 nitrogen and oxygen atoms in total. The van der Waals surface area contributed by atoms with Gasteiger partial charge >= 0.3 is 18.0 Å². The highest BCUT2D eigenvalue weighted by molar-refractivity contribution is 6.39. The Kier molecular flexibility index (Phi) is 5.09. The maximum Gasteiger partial charge on any atom is 0.416 e.